The van der Waals surface area contributed by atoms with E-state index < -0.39 is 11.8 Å². The van der Waals surface area contributed by atoms with Gasteiger partial charge < -0.3 is 11.1 Å². The molecule has 0 aliphatic carbocycles. The van der Waals surface area contributed by atoms with E-state index in [2.05, 4.69) is 36.7 Å². The zero-order valence-electron chi connectivity index (χ0n) is 8.53. The summed E-state index contributed by atoms with van der Waals surface area (Å²) in [4.78, 5) is 22.4. The van der Waals surface area contributed by atoms with Crippen molar-refractivity contribution in [3.63, 3.8) is 0 Å². The number of aromatic nitrogens is 3. The van der Waals surface area contributed by atoms with Gasteiger partial charge in [-0.3, -0.25) is 9.59 Å². The highest BCUT2D eigenvalue weighted by molar-refractivity contribution is 9.10. The first-order valence-corrected chi connectivity index (χ1v) is 5.44. The SMILES string of the molecule is NC(=O)CNC(=O)c1cc(Br)cc2n[nH]nc12. The van der Waals surface area contributed by atoms with Crippen molar-refractivity contribution in [3.05, 3.63) is 22.2 Å². The van der Waals surface area contributed by atoms with E-state index in [1.54, 1.807) is 12.1 Å². The maximum absolute atomic E-state index is 11.8. The lowest BCUT2D eigenvalue weighted by atomic mass is 10.1. The lowest BCUT2D eigenvalue weighted by Crippen LogP contribution is -2.33. The third kappa shape index (κ3) is 2.41. The maximum Gasteiger partial charge on any atom is 0.254 e. The summed E-state index contributed by atoms with van der Waals surface area (Å²) in [6, 6.07) is 3.32. The number of carbonyl (C=O) groups is 2. The van der Waals surface area contributed by atoms with Crippen molar-refractivity contribution < 1.29 is 9.59 Å². The molecule has 2 aromatic rings. The lowest BCUT2D eigenvalue weighted by molar-refractivity contribution is -0.117. The molecule has 0 fully saturated rings. The second-order valence-electron chi connectivity index (χ2n) is 3.29. The fourth-order valence-corrected chi connectivity index (χ4v) is 1.80. The van der Waals surface area contributed by atoms with E-state index >= 15 is 0 Å². The summed E-state index contributed by atoms with van der Waals surface area (Å²) in [6.07, 6.45) is 0. The number of benzene rings is 1. The quantitative estimate of drug-likeness (QED) is 0.736. The molecular weight excluding hydrogens is 290 g/mol. The van der Waals surface area contributed by atoms with Crippen molar-refractivity contribution in [2.75, 3.05) is 6.54 Å². The number of H-pyrrole nitrogens is 1. The fourth-order valence-electron chi connectivity index (χ4n) is 1.35. The highest BCUT2D eigenvalue weighted by Gasteiger charge is 2.14. The van der Waals surface area contributed by atoms with Gasteiger partial charge in [-0.1, -0.05) is 15.9 Å². The predicted octanol–water partition coefficient (Wildman–Crippen LogP) is -0.0645. The molecule has 0 spiro atoms. The van der Waals surface area contributed by atoms with Crippen LogP contribution in [0.25, 0.3) is 11.0 Å². The number of hydrogen-bond donors (Lipinski definition) is 3. The highest BCUT2D eigenvalue weighted by atomic mass is 79.9. The molecule has 0 saturated heterocycles. The van der Waals surface area contributed by atoms with E-state index in [9.17, 15) is 9.59 Å². The summed E-state index contributed by atoms with van der Waals surface area (Å²) in [7, 11) is 0. The molecule has 0 atom stereocenters. The Labute approximate surface area is 104 Å². The first-order chi connectivity index (χ1) is 8.08. The minimum atomic E-state index is -0.607. The number of halogens is 1. The predicted molar refractivity (Wildman–Crippen MR) is 63.1 cm³/mol. The Hall–Kier alpha value is -1.96. The smallest absolute Gasteiger partial charge is 0.254 e. The van der Waals surface area contributed by atoms with Crippen molar-refractivity contribution in [2.45, 2.75) is 0 Å². The number of rotatable bonds is 3. The normalized spacial score (nSPS) is 10.4. The lowest BCUT2D eigenvalue weighted by Gasteiger charge is -2.03. The molecule has 17 heavy (non-hydrogen) atoms. The second kappa shape index (κ2) is 4.50. The number of fused-ring (bicyclic) bond motifs is 1. The average Bonchev–Trinajstić information content (AvgIpc) is 2.72. The van der Waals surface area contributed by atoms with Crippen LogP contribution in [0.3, 0.4) is 0 Å². The summed E-state index contributed by atoms with van der Waals surface area (Å²) in [5.74, 6) is -1.03. The molecule has 88 valence electrons. The van der Waals surface area contributed by atoms with Crippen LogP contribution < -0.4 is 11.1 Å². The number of nitrogens with zero attached hydrogens (tertiary/aromatic N) is 2. The summed E-state index contributed by atoms with van der Waals surface area (Å²) in [5, 5.41) is 12.6. The number of nitrogens with one attached hydrogen (secondary N) is 2. The highest BCUT2D eigenvalue weighted by Crippen LogP contribution is 2.20. The first-order valence-electron chi connectivity index (χ1n) is 4.64. The van der Waals surface area contributed by atoms with Crippen LogP contribution in [0.1, 0.15) is 10.4 Å². The van der Waals surface area contributed by atoms with E-state index in [0.29, 0.717) is 21.1 Å². The molecule has 0 radical (unpaired) electrons. The van der Waals surface area contributed by atoms with Gasteiger partial charge in [-0.15, -0.1) is 0 Å². The monoisotopic (exact) mass is 297 g/mol. The maximum atomic E-state index is 11.8. The van der Waals surface area contributed by atoms with Crippen molar-refractivity contribution in [2.24, 2.45) is 5.73 Å². The van der Waals surface area contributed by atoms with Crippen LogP contribution in [0.4, 0.5) is 0 Å². The Kier molecular flexibility index (Phi) is 3.05. The van der Waals surface area contributed by atoms with Gasteiger partial charge in [-0.05, 0) is 12.1 Å². The van der Waals surface area contributed by atoms with Gasteiger partial charge >= 0.3 is 0 Å². The molecule has 0 aliphatic rings. The number of nitrogens with two attached hydrogens (primary N) is 1. The Morgan fingerprint density at radius 3 is 2.88 bits per heavy atom. The van der Waals surface area contributed by atoms with Crippen LogP contribution in [0.15, 0.2) is 16.6 Å². The van der Waals surface area contributed by atoms with Gasteiger partial charge in [0.15, 0.2) is 0 Å². The van der Waals surface area contributed by atoms with E-state index in [4.69, 9.17) is 5.73 Å². The van der Waals surface area contributed by atoms with Crippen LogP contribution in [0.2, 0.25) is 0 Å². The van der Waals surface area contributed by atoms with Gasteiger partial charge in [0, 0.05) is 4.47 Å². The van der Waals surface area contributed by atoms with E-state index in [1.807, 2.05) is 0 Å². The molecule has 1 aromatic carbocycles. The summed E-state index contributed by atoms with van der Waals surface area (Å²) >= 11 is 3.26. The van der Waals surface area contributed by atoms with Crippen LogP contribution in [0.5, 0.6) is 0 Å². The number of aromatic amines is 1. The van der Waals surface area contributed by atoms with Gasteiger partial charge in [0.1, 0.15) is 11.0 Å². The van der Waals surface area contributed by atoms with Gasteiger partial charge in [0.05, 0.1) is 12.1 Å². The third-order valence-corrected chi connectivity index (χ3v) is 2.51. The molecule has 0 bridgehead atoms. The molecule has 0 aliphatic heterocycles. The Bertz CT molecular complexity index is 594. The molecule has 8 heteroatoms. The van der Waals surface area contributed by atoms with Gasteiger partial charge in [-0.2, -0.15) is 15.4 Å². The van der Waals surface area contributed by atoms with Gasteiger partial charge in [0.2, 0.25) is 5.91 Å². The minimum Gasteiger partial charge on any atom is -0.368 e. The van der Waals surface area contributed by atoms with Crippen LogP contribution >= 0.6 is 15.9 Å². The van der Waals surface area contributed by atoms with Gasteiger partial charge in [0.25, 0.3) is 5.91 Å². The standard InChI is InChI=1S/C9H8BrN5O2/c10-4-1-5(9(17)12-3-7(11)16)8-6(2-4)13-15-14-8/h1-2H,3H2,(H2,11,16)(H,12,17)(H,13,14,15). The molecule has 2 amide bonds. The van der Waals surface area contributed by atoms with Crippen molar-refractivity contribution in [1.29, 1.82) is 0 Å². The number of hydrogen-bond acceptors (Lipinski definition) is 4. The number of amides is 2. The van der Waals surface area contributed by atoms with Crippen molar-refractivity contribution in [3.8, 4) is 0 Å². The summed E-state index contributed by atoms with van der Waals surface area (Å²) < 4.78 is 0.697. The first kappa shape index (κ1) is 11.5. The van der Waals surface area contributed by atoms with E-state index in [1.165, 1.54) is 0 Å². The van der Waals surface area contributed by atoms with Crippen LogP contribution in [0, 0.1) is 0 Å². The molecular formula is C9H8BrN5O2. The average molecular weight is 298 g/mol. The van der Waals surface area contributed by atoms with E-state index in [-0.39, 0.29) is 6.54 Å². The van der Waals surface area contributed by atoms with E-state index in [0.717, 1.165) is 0 Å². The molecule has 1 heterocycles. The molecule has 1 aromatic heterocycles. The molecule has 2 rings (SSSR count). The largest absolute Gasteiger partial charge is 0.368 e. The molecule has 0 unspecified atom stereocenters. The summed E-state index contributed by atoms with van der Waals surface area (Å²) in [6.45, 7) is -0.218. The van der Waals surface area contributed by atoms with Gasteiger partial charge in [-0.25, -0.2) is 0 Å². The minimum absolute atomic E-state index is 0.218. The Morgan fingerprint density at radius 1 is 1.41 bits per heavy atom. The zero-order chi connectivity index (χ0) is 12.4. The number of primary amides is 1. The van der Waals surface area contributed by atoms with Crippen molar-refractivity contribution >= 4 is 38.8 Å². The molecule has 7 nitrogen and oxygen atoms in total. The topological polar surface area (TPSA) is 114 Å². The fraction of sp³-hybridized carbons (Fsp3) is 0.111. The van der Waals surface area contributed by atoms with Crippen molar-refractivity contribution in [1.82, 2.24) is 20.7 Å². The Morgan fingerprint density at radius 2 is 2.18 bits per heavy atom. The Balaban J connectivity index is 2.36. The summed E-state index contributed by atoms with van der Waals surface area (Å²) in [5.41, 5.74) is 6.27. The second-order valence-corrected chi connectivity index (χ2v) is 4.21. The zero-order valence-corrected chi connectivity index (χ0v) is 10.1. The molecule has 0 saturated carbocycles. The van der Waals surface area contributed by atoms with Crippen LogP contribution in [-0.4, -0.2) is 33.8 Å². The third-order valence-electron chi connectivity index (χ3n) is 2.05. The number of carbonyl (C=O) groups excluding carboxylic acids is 2. The van der Waals surface area contributed by atoms with Crippen LogP contribution in [-0.2, 0) is 4.79 Å². The molecule has 4 N–H and O–H groups in total.